The maximum atomic E-state index is 11.9. The van der Waals surface area contributed by atoms with Crippen LogP contribution in [0.5, 0.6) is 0 Å². The molecule has 0 fully saturated rings. The van der Waals surface area contributed by atoms with E-state index in [0.717, 1.165) is 12.8 Å². The largest absolute Gasteiger partial charge is 0.347 e. The lowest BCUT2D eigenvalue weighted by Gasteiger charge is -2.25. The van der Waals surface area contributed by atoms with Gasteiger partial charge >= 0.3 is 0 Å². The van der Waals surface area contributed by atoms with Gasteiger partial charge in [0.15, 0.2) is 0 Å². The molecule has 0 aliphatic carbocycles. The van der Waals surface area contributed by atoms with E-state index in [1.807, 2.05) is 13.8 Å². The number of rotatable bonds is 5. The van der Waals surface area contributed by atoms with E-state index in [2.05, 4.69) is 22.7 Å². The van der Waals surface area contributed by atoms with Gasteiger partial charge in [0.1, 0.15) is 5.82 Å². The number of anilines is 1. The van der Waals surface area contributed by atoms with Gasteiger partial charge in [-0.25, -0.2) is 10.8 Å². The monoisotopic (exact) mass is 236 g/mol. The van der Waals surface area contributed by atoms with Gasteiger partial charge in [0.25, 0.3) is 5.91 Å². The smallest absolute Gasteiger partial charge is 0.253 e. The fourth-order valence-electron chi connectivity index (χ4n) is 1.68. The maximum absolute atomic E-state index is 11.9. The van der Waals surface area contributed by atoms with E-state index in [1.165, 1.54) is 6.20 Å². The highest BCUT2D eigenvalue weighted by molar-refractivity contribution is 5.94. The predicted octanol–water partition coefficient (Wildman–Crippen LogP) is 1.68. The molecule has 17 heavy (non-hydrogen) atoms. The minimum Gasteiger partial charge on any atom is -0.347 e. The number of nitrogens with two attached hydrogens (primary N) is 1. The zero-order valence-electron chi connectivity index (χ0n) is 10.6. The fraction of sp³-hybridized carbons (Fsp3) is 0.500. The summed E-state index contributed by atoms with van der Waals surface area (Å²) in [7, 11) is 0. The van der Waals surface area contributed by atoms with E-state index in [1.54, 1.807) is 12.1 Å². The number of nitrogens with one attached hydrogen (secondary N) is 2. The molecule has 0 atom stereocenters. The van der Waals surface area contributed by atoms with Crippen LogP contribution in [-0.2, 0) is 0 Å². The zero-order valence-corrected chi connectivity index (χ0v) is 10.6. The van der Waals surface area contributed by atoms with E-state index in [9.17, 15) is 4.79 Å². The molecule has 94 valence electrons. The van der Waals surface area contributed by atoms with Gasteiger partial charge in [0.05, 0.1) is 5.56 Å². The quantitative estimate of drug-likeness (QED) is 0.536. The molecule has 1 aromatic heterocycles. The lowest BCUT2D eigenvalue weighted by Crippen LogP contribution is -2.43. The van der Waals surface area contributed by atoms with Crippen LogP contribution >= 0.6 is 0 Å². The third-order valence-electron chi connectivity index (χ3n) is 2.50. The minimum atomic E-state index is -0.198. The number of hydrogen-bond donors (Lipinski definition) is 3. The van der Waals surface area contributed by atoms with Crippen molar-refractivity contribution in [3.8, 4) is 0 Å². The van der Waals surface area contributed by atoms with Gasteiger partial charge in [-0.05, 0) is 32.4 Å². The molecule has 0 aromatic carbocycles. The molecular weight excluding hydrogens is 216 g/mol. The summed E-state index contributed by atoms with van der Waals surface area (Å²) in [5, 5.41) is 2.98. The van der Waals surface area contributed by atoms with Crippen molar-refractivity contribution in [2.45, 2.75) is 39.2 Å². The number of hydrogen-bond acceptors (Lipinski definition) is 4. The van der Waals surface area contributed by atoms with Crippen LogP contribution in [-0.4, -0.2) is 16.4 Å². The van der Waals surface area contributed by atoms with Gasteiger partial charge in [0, 0.05) is 11.7 Å². The summed E-state index contributed by atoms with van der Waals surface area (Å²) in [5.74, 6) is 5.63. The van der Waals surface area contributed by atoms with Crippen molar-refractivity contribution in [3.63, 3.8) is 0 Å². The first-order chi connectivity index (χ1) is 7.98. The van der Waals surface area contributed by atoms with Crippen LogP contribution in [0, 0.1) is 0 Å². The van der Waals surface area contributed by atoms with Crippen molar-refractivity contribution < 1.29 is 4.79 Å². The second-order valence-corrected chi connectivity index (χ2v) is 4.66. The number of pyridine rings is 1. The summed E-state index contributed by atoms with van der Waals surface area (Å²) in [6.45, 7) is 6.12. The van der Waals surface area contributed by atoms with Gasteiger partial charge in [-0.2, -0.15) is 0 Å². The maximum Gasteiger partial charge on any atom is 0.253 e. The molecule has 0 spiro atoms. The van der Waals surface area contributed by atoms with Crippen molar-refractivity contribution in [2.75, 3.05) is 5.43 Å². The SMILES string of the molecule is CCCC(C)(C)NC(=O)c1ccc(NN)nc1. The molecule has 0 bridgehead atoms. The van der Waals surface area contributed by atoms with E-state index >= 15 is 0 Å². The number of carbonyl (C=O) groups excluding carboxylic acids is 1. The average molecular weight is 236 g/mol. The molecule has 4 N–H and O–H groups in total. The first kappa shape index (κ1) is 13.4. The third kappa shape index (κ3) is 4.03. The van der Waals surface area contributed by atoms with Crippen LogP contribution in [0.4, 0.5) is 5.82 Å². The molecule has 1 heterocycles. The molecule has 5 heteroatoms. The van der Waals surface area contributed by atoms with Crippen molar-refractivity contribution >= 4 is 11.7 Å². The van der Waals surface area contributed by atoms with Crippen LogP contribution in [0.25, 0.3) is 0 Å². The first-order valence-electron chi connectivity index (χ1n) is 5.73. The van der Waals surface area contributed by atoms with E-state index in [0.29, 0.717) is 11.4 Å². The summed E-state index contributed by atoms with van der Waals surface area (Å²) in [4.78, 5) is 15.9. The van der Waals surface area contributed by atoms with Crippen molar-refractivity contribution in [1.82, 2.24) is 10.3 Å². The third-order valence-corrected chi connectivity index (χ3v) is 2.50. The Labute approximate surface area is 102 Å². The fourth-order valence-corrected chi connectivity index (χ4v) is 1.68. The summed E-state index contributed by atoms with van der Waals surface area (Å²) in [5.41, 5.74) is 2.76. The number of carbonyl (C=O) groups is 1. The Morgan fingerprint density at radius 2 is 2.18 bits per heavy atom. The molecule has 0 saturated carbocycles. The molecule has 1 amide bonds. The Morgan fingerprint density at radius 3 is 2.65 bits per heavy atom. The van der Waals surface area contributed by atoms with E-state index in [-0.39, 0.29) is 11.4 Å². The summed E-state index contributed by atoms with van der Waals surface area (Å²) in [6, 6.07) is 3.36. The first-order valence-corrected chi connectivity index (χ1v) is 5.73. The molecule has 0 unspecified atom stereocenters. The van der Waals surface area contributed by atoms with Crippen LogP contribution in [0.1, 0.15) is 44.0 Å². The Morgan fingerprint density at radius 1 is 1.47 bits per heavy atom. The van der Waals surface area contributed by atoms with Gasteiger partial charge in [-0.15, -0.1) is 0 Å². The molecule has 0 radical (unpaired) electrons. The van der Waals surface area contributed by atoms with Crippen molar-refractivity contribution in [3.05, 3.63) is 23.9 Å². The van der Waals surface area contributed by atoms with Crippen molar-refractivity contribution in [1.29, 1.82) is 0 Å². The number of nitrogen functional groups attached to an aromatic ring is 1. The standard InChI is InChI=1S/C12H20N4O/c1-4-7-12(2,3)15-11(17)9-5-6-10(16-13)14-8-9/h5-6,8H,4,7,13H2,1-3H3,(H,14,16)(H,15,17). The van der Waals surface area contributed by atoms with E-state index in [4.69, 9.17) is 5.84 Å². The molecule has 0 saturated heterocycles. The Hall–Kier alpha value is -1.62. The van der Waals surface area contributed by atoms with Gasteiger partial charge in [-0.1, -0.05) is 13.3 Å². The van der Waals surface area contributed by atoms with Crippen molar-refractivity contribution in [2.24, 2.45) is 5.84 Å². The lowest BCUT2D eigenvalue weighted by molar-refractivity contribution is 0.0908. The topological polar surface area (TPSA) is 80.0 Å². The Bertz CT molecular complexity index is 373. The zero-order chi connectivity index (χ0) is 12.9. The number of nitrogens with zero attached hydrogens (tertiary/aromatic N) is 1. The van der Waals surface area contributed by atoms with Crippen LogP contribution in [0.15, 0.2) is 18.3 Å². The highest BCUT2D eigenvalue weighted by Gasteiger charge is 2.20. The second kappa shape index (κ2) is 5.63. The highest BCUT2D eigenvalue weighted by Crippen LogP contribution is 2.12. The number of hydrazine groups is 1. The summed E-state index contributed by atoms with van der Waals surface area (Å²) < 4.78 is 0. The normalized spacial score (nSPS) is 11.1. The Kier molecular flexibility index (Phi) is 4.45. The van der Waals surface area contributed by atoms with Crippen LogP contribution in [0.3, 0.4) is 0 Å². The number of aromatic nitrogens is 1. The van der Waals surface area contributed by atoms with E-state index < -0.39 is 0 Å². The predicted molar refractivity (Wildman–Crippen MR) is 68.5 cm³/mol. The average Bonchev–Trinajstić information content (AvgIpc) is 2.28. The second-order valence-electron chi connectivity index (χ2n) is 4.66. The molecule has 0 aliphatic heterocycles. The van der Waals surface area contributed by atoms with Gasteiger partial charge < -0.3 is 10.7 Å². The lowest BCUT2D eigenvalue weighted by atomic mass is 9.98. The Balaban J connectivity index is 2.69. The molecule has 1 rings (SSSR count). The van der Waals surface area contributed by atoms with Gasteiger partial charge in [0.2, 0.25) is 0 Å². The summed E-state index contributed by atoms with van der Waals surface area (Å²) in [6.07, 6.45) is 3.47. The number of amides is 1. The minimum absolute atomic E-state index is 0.112. The molecule has 1 aromatic rings. The van der Waals surface area contributed by atoms with Crippen LogP contribution < -0.4 is 16.6 Å². The molecular formula is C12H20N4O. The van der Waals surface area contributed by atoms with Crippen LogP contribution in [0.2, 0.25) is 0 Å². The van der Waals surface area contributed by atoms with Gasteiger partial charge in [-0.3, -0.25) is 4.79 Å². The molecule has 5 nitrogen and oxygen atoms in total. The molecule has 0 aliphatic rings. The highest BCUT2D eigenvalue weighted by atomic mass is 16.1. The summed E-state index contributed by atoms with van der Waals surface area (Å²) >= 11 is 0.